The number of rotatable bonds is 7. The number of carboxylic acids is 1. The summed E-state index contributed by atoms with van der Waals surface area (Å²) >= 11 is 0. The molecule has 0 aliphatic heterocycles. The molecule has 0 bridgehead atoms. The Morgan fingerprint density at radius 3 is 2.42 bits per heavy atom. The summed E-state index contributed by atoms with van der Waals surface area (Å²) in [6.45, 7) is 6.72. The Kier molecular flexibility index (Phi) is 5.60. The van der Waals surface area contributed by atoms with Gasteiger partial charge in [0.25, 0.3) is 5.91 Å². The monoisotopic (exact) mass is 267 g/mol. The van der Waals surface area contributed by atoms with Gasteiger partial charge in [-0.05, 0) is 31.9 Å². The number of nitrogens with zero attached hydrogens (tertiary/aromatic N) is 1. The van der Waals surface area contributed by atoms with E-state index in [1.165, 1.54) is 12.1 Å². The van der Waals surface area contributed by atoms with Crippen LogP contribution in [0, 0.1) is 0 Å². The molecule has 5 heteroatoms. The SMILES string of the molecule is CCCCN(C(=O)c1ccc(C(=O)O)o1)C(C)CC. The quantitative estimate of drug-likeness (QED) is 0.824. The third-order valence-electron chi connectivity index (χ3n) is 3.16. The predicted octanol–water partition coefficient (Wildman–Crippen LogP) is 3.02. The minimum Gasteiger partial charge on any atom is -0.475 e. The fraction of sp³-hybridized carbons (Fsp3) is 0.571. The Hall–Kier alpha value is -1.78. The van der Waals surface area contributed by atoms with Gasteiger partial charge >= 0.3 is 5.97 Å². The Balaban J connectivity index is 2.87. The van der Waals surface area contributed by atoms with Crippen LogP contribution in [-0.4, -0.2) is 34.5 Å². The number of aromatic carboxylic acids is 1. The van der Waals surface area contributed by atoms with Gasteiger partial charge in [0, 0.05) is 12.6 Å². The number of carbonyl (C=O) groups excluding carboxylic acids is 1. The maximum atomic E-state index is 12.3. The molecule has 0 aliphatic rings. The first-order chi connectivity index (χ1) is 9.01. The van der Waals surface area contributed by atoms with Crippen molar-refractivity contribution in [3.8, 4) is 0 Å². The predicted molar refractivity (Wildman–Crippen MR) is 71.4 cm³/mol. The second kappa shape index (κ2) is 6.97. The van der Waals surface area contributed by atoms with Gasteiger partial charge in [-0.25, -0.2) is 4.79 Å². The number of hydrogen-bond donors (Lipinski definition) is 1. The minimum atomic E-state index is -1.16. The van der Waals surface area contributed by atoms with Crippen molar-refractivity contribution in [2.75, 3.05) is 6.54 Å². The highest BCUT2D eigenvalue weighted by Gasteiger charge is 2.23. The molecule has 0 fully saturated rings. The van der Waals surface area contributed by atoms with Crippen LogP contribution in [0.3, 0.4) is 0 Å². The summed E-state index contributed by atoms with van der Waals surface area (Å²) in [7, 11) is 0. The molecule has 1 amide bonds. The number of amides is 1. The molecule has 1 N–H and O–H groups in total. The van der Waals surface area contributed by atoms with Crippen molar-refractivity contribution in [1.29, 1.82) is 0 Å². The molecule has 0 spiro atoms. The lowest BCUT2D eigenvalue weighted by molar-refractivity contribution is 0.0626. The molecule has 0 aliphatic carbocycles. The average Bonchev–Trinajstić information content (AvgIpc) is 2.88. The summed E-state index contributed by atoms with van der Waals surface area (Å²) in [6.07, 6.45) is 2.77. The van der Waals surface area contributed by atoms with Crippen LogP contribution in [0.5, 0.6) is 0 Å². The summed E-state index contributed by atoms with van der Waals surface area (Å²) in [5.41, 5.74) is 0. The van der Waals surface area contributed by atoms with E-state index in [1.54, 1.807) is 4.90 Å². The number of carboxylic acid groups (broad SMARTS) is 1. The first-order valence-corrected chi connectivity index (χ1v) is 6.65. The molecule has 1 aromatic heterocycles. The second-order valence-corrected chi connectivity index (χ2v) is 4.58. The van der Waals surface area contributed by atoms with Gasteiger partial charge in [0.05, 0.1) is 0 Å². The topological polar surface area (TPSA) is 70.8 Å². The minimum absolute atomic E-state index is 0.0915. The largest absolute Gasteiger partial charge is 0.475 e. The van der Waals surface area contributed by atoms with Gasteiger partial charge in [0.1, 0.15) is 0 Å². The van der Waals surface area contributed by atoms with E-state index in [0.29, 0.717) is 6.54 Å². The van der Waals surface area contributed by atoms with Crippen molar-refractivity contribution in [3.05, 3.63) is 23.7 Å². The van der Waals surface area contributed by atoms with Crippen LogP contribution < -0.4 is 0 Å². The molecule has 106 valence electrons. The zero-order chi connectivity index (χ0) is 14.4. The van der Waals surface area contributed by atoms with E-state index in [0.717, 1.165) is 19.3 Å². The van der Waals surface area contributed by atoms with E-state index in [9.17, 15) is 9.59 Å². The highest BCUT2D eigenvalue weighted by molar-refractivity contribution is 5.93. The Labute approximate surface area is 113 Å². The fourth-order valence-electron chi connectivity index (χ4n) is 1.78. The standard InChI is InChI=1S/C14H21NO4/c1-4-6-9-15(10(3)5-2)13(16)11-7-8-12(19-11)14(17)18/h7-8,10H,4-6,9H2,1-3H3,(H,17,18). The van der Waals surface area contributed by atoms with E-state index in [4.69, 9.17) is 9.52 Å². The molecule has 0 aromatic carbocycles. The number of unbranched alkanes of at least 4 members (excludes halogenated alkanes) is 1. The molecule has 1 heterocycles. The normalized spacial score (nSPS) is 12.2. The number of furan rings is 1. The van der Waals surface area contributed by atoms with E-state index in [-0.39, 0.29) is 23.5 Å². The molecule has 0 radical (unpaired) electrons. The summed E-state index contributed by atoms with van der Waals surface area (Å²) in [6, 6.07) is 2.84. The van der Waals surface area contributed by atoms with Crippen LogP contribution >= 0.6 is 0 Å². The lowest BCUT2D eigenvalue weighted by atomic mass is 10.2. The van der Waals surface area contributed by atoms with Gasteiger partial charge in [-0.15, -0.1) is 0 Å². The third kappa shape index (κ3) is 3.84. The van der Waals surface area contributed by atoms with Crippen molar-refractivity contribution in [2.45, 2.75) is 46.1 Å². The van der Waals surface area contributed by atoms with Gasteiger partial charge in [-0.2, -0.15) is 0 Å². The summed E-state index contributed by atoms with van der Waals surface area (Å²) < 4.78 is 5.07. The molecule has 0 saturated carbocycles. The van der Waals surface area contributed by atoms with Crippen LogP contribution in [-0.2, 0) is 0 Å². The molecule has 1 atom stereocenters. The van der Waals surface area contributed by atoms with Crippen molar-refractivity contribution in [2.24, 2.45) is 0 Å². The van der Waals surface area contributed by atoms with Gasteiger partial charge in [-0.3, -0.25) is 4.79 Å². The maximum absolute atomic E-state index is 12.3. The first kappa shape index (κ1) is 15.3. The molecular weight excluding hydrogens is 246 g/mol. The van der Waals surface area contributed by atoms with Gasteiger partial charge < -0.3 is 14.4 Å². The van der Waals surface area contributed by atoms with Crippen LogP contribution in [0.2, 0.25) is 0 Å². The fourth-order valence-corrected chi connectivity index (χ4v) is 1.78. The number of carbonyl (C=O) groups is 2. The van der Waals surface area contributed by atoms with Crippen molar-refractivity contribution in [3.63, 3.8) is 0 Å². The molecule has 0 saturated heterocycles. The molecular formula is C14H21NO4. The molecule has 19 heavy (non-hydrogen) atoms. The summed E-state index contributed by atoms with van der Waals surface area (Å²) in [5.74, 6) is -1.52. The zero-order valence-electron chi connectivity index (χ0n) is 11.7. The summed E-state index contributed by atoms with van der Waals surface area (Å²) in [4.78, 5) is 24.8. The van der Waals surface area contributed by atoms with E-state index < -0.39 is 5.97 Å². The van der Waals surface area contributed by atoms with E-state index in [1.807, 2.05) is 13.8 Å². The Morgan fingerprint density at radius 2 is 1.95 bits per heavy atom. The smallest absolute Gasteiger partial charge is 0.371 e. The Morgan fingerprint density at radius 1 is 1.32 bits per heavy atom. The zero-order valence-corrected chi connectivity index (χ0v) is 11.7. The molecule has 1 unspecified atom stereocenters. The third-order valence-corrected chi connectivity index (χ3v) is 3.16. The molecule has 5 nitrogen and oxygen atoms in total. The van der Waals surface area contributed by atoms with Crippen LogP contribution in [0.15, 0.2) is 16.5 Å². The summed E-state index contributed by atoms with van der Waals surface area (Å²) in [5, 5.41) is 8.80. The average molecular weight is 267 g/mol. The van der Waals surface area contributed by atoms with Gasteiger partial charge in [0.2, 0.25) is 5.76 Å². The van der Waals surface area contributed by atoms with Crippen molar-refractivity contribution in [1.82, 2.24) is 4.90 Å². The first-order valence-electron chi connectivity index (χ1n) is 6.65. The lowest BCUT2D eigenvalue weighted by Crippen LogP contribution is -2.38. The highest BCUT2D eigenvalue weighted by Crippen LogP contribution is 2.15. The lowest BCUT2D eigenvalue weighted by Gasteiger charge is -2.27. The maximum Gasteiger partial charge on any atom is 0.371 e. The van der Waals surface area contributed by atoms with Gasteiger partial charge in [-0.1, -0.05) is 20.3 Å². The van der Waals surface area contributed by atoms with Crippen LogP contribution in [0.25, 0.3) is 0 Å². The highest BCUT2D eigenvalue weighted by atomic mass is 16.4. The van der Waals surface area contributed by atoms with Crippen LogP contribution in [0.4, 0.5) is 0 Å². The van der Waals surface area contributed by atoms with Crippen molar-refractivity contribution >= 4 is 11.9 Å². The Bertz CT molecular complexity index is 438. The number of hydrogen-bond acceptors (Lipinski definition) is 3. The molecule has 1 rings (SSSR count). The van der Waals surface area contributed by atoms with E-state index in [2.05, 4.69) is 6.92 Å². The van der Waals surface area contributed by atoms with Crippen LogP contribution in [0.1, 0.15) is 61.1 Å². The van der Waals surface area contributed by atoms with Gasteiger partial charge in [0.15, 0.2) is 5.76 Å². The van der Waals surface area contributed by atoms with E-state index >= 15 is 0 Å². The van der Waals surface area contributed by atoms with Crippen molar-refractivity contribution < 1.29 is 19.1 Å². The molecule has 1 aromatic rings. The second-order valence-electron chi connectivity index (χ2n) is 4.58.